The summed E-state index contributed by atoms with van der Waals surface area (Å²) in [4.78, 5) is 3.52. The van der Waals surface area contributed by atoms with Gasteiger partial charge in [0.2, 0.25) is 10.0 Å². The first kappa shape index (κ1) is 20.8. The first-order chi connectivity index (χ1) is 13.3. The van der Waals surface area contributed by atoms with E-state index in [9.17, 15) is 21.6 Å². The summed E-state index contributed by atoms with van der Waals surface area (Å²) < 4.78 is 68.1. The molecule has 152 valence electrons. The molecule has 0 radical (unpaired) electrons. The molecule has 0 spiro atoms. The summed E-state index contributed by atoms with van der Waals surface area (Å²) in [5, 5.41) is 0. The normalized spacial score (nSPS) is 17.6. The number of halogens is 3. The van der Waals surface area contributed by atoms with Crippen LogP contribution in [0.4, 0.5) is 13.2 Å². The van der Waals surface area contributed by atoms with Crippen molar-refractivity contribution in [3.63, 3.8) is 0 Å². The number of piperazine rings is 1. The van der Waals surface area contributed by atoms with Gasteiger partial charge in [0, 0.05) is 38.8 Å². The minimum Gasteiger partial charge on any atom is -0.304 e. The lowest BCUT2D eigenvalue weighted by molar-refractivity contribution is 0.113. The molecule has 2 aromatic rings. The predicted molar refractivity (Wildman–Crippen MR) is 99.8 cm³/mol. The highest BCUT2D eigenvalue weighted by atomic mass is 32.2. The van der Waals surface area contributed by atoms with E-state index in [4.69, 9.17) is 0 Å². The molecule has 1 saturated heterocycles. The Bertz CT molecular complexity index is 915. The predicted octanol–water partition coefficient (Wildman–Crippen LogP) is 2.37. The summed E-state index contributed by atoms with van der Waals surface area (Å²) in [7, 11) is -2.25. The Morgan fingerprint density at radius 3 is 2.21 bits per heavy atom. The second kappa shape index (κ2) is 8.60. The maximum atomic E-state index is 13.9. The number of benzene rings is 2. The summed E-state index contributed by atoms with van der Waals surface area (Å²) in [5.74, 6) is -2.24. The fourth-order valence-electron chi connectivity index (χ4n) is 3.23. The lowest BCUT2D eigenvalue weighted by atomic mass is 10.0. The monoisotopic (exact) mass is 413 g/mol. The molecule has 0 saturated carbocycles. The molecule has 0 bridgehead atoms. The average Bonchev–Trinajstić information content (AvgIpc) is 2.66. The summed E-state index contributed by atoms with van der Waals surface area (Å²) in [6.45, 7) is 2.97. The van der Waals surface area contributed by atoms with Crippen LogP contribution >= 0.6 is 0 Å². The summed E-state index contributed by atoms with van der Waals surface area (Å²) in [6.07, 6.45) is 0. The molecule has 9 heteroatoms. The Labute approximate surface area is 162 Å². The van der Waals surface area contributed by atoms with Crippen LogP contribution in [0.25, 0.3) is 0 Å². The van der Waals surface area contributed by atoms with Crippen LogP contribution in [0.2, 0.25) is 0 Å². The molecule has 1 fully saturated rings. The summed E-state index contributed by atoms with van der Waals surface area (Å²) in [6, 6.07) is 7.78. The van der Waals surface area contributed by atoms with Gasteiger partial charge in [-0.05, 0) is 42.9 Å². The van der Waals surface area contributed by atoms with Crippen molar-refractivity contribution >= 4 is 10.0 Å². The van der Waals surface area contributed by atoms with Crippen molar-refractivity contribution in [2.45, 2.75) is 10.9 Å². The first-order valence-electron chi connectivity index (χ1n) is 8.89. The second-order valence-corrected chi connectivity index (χ2v) is 8.57. The maximum Gasteiger partial charge on any atom is 0.243 e. The molecule has 2 aromatic carbocycles. The van der Waals surface area contributed by atoms with Gasteiger partial charge in [0.25, 0.3) is 0 Å². The van der Waals surface area contributed by atoms with Crippen LogP contribution in [-0.2, 0) is 10.0 Å². The van der Waals surface area contributed by atoms with Crippen LogP contribution in [0.1, 0.15) is 11.6 Å². The van der Waals surface area contributed by atoms with E-state index < -0.39 is 26.6 Å². The SMILES string of the molecule is CN1CCN(C(CNS(=O)(=O)c2cc(F)ccc2F)c2ccc(F)cc2)CC1. The molecule has 1 aliphatic heterocycles. The highest BCUT2D eigenvalue weighted by molar-refractivity contribution is 7.89. The third-order valence-electron chi connectivity index (χ3n) is 4.88. The van der Waals surface area contributed by atoms with E-state index in [1.165, 1.54) is 12.1 Å². The number of likely N-dealkylation sites (N-methyl/N-ethyl adjacent to an activating group) is 1. The third kappa shape index (κ3) is 4.91. The molecule has 0 aliphatic carbocycles. The Morgan fingerprint density at radius 2 is 1.57 bits per heavy atom. The van der Waals surface area contributed by atoms with Crippen LogP contribution in [0.5, 0.6) is 0 Å². The van der Waals surface area contributed by atoms with Gasteiger partial charge in [-0.2, -0.15) is 0 Å². The highest BCUT2D eigenvalue weighted by Crippen LogP contribution is 2.23. The largest absolute Gasteiger partial charge is 0.304 e. The number of hydrogen-bond acceptors (Lipinski definition) is 4. The van der Waals surface area contributed by atoms with Crippen LogP contribution in [0.15, 0.2) is 47.4 Å². The quantitative estimate of drug-likeness (QED) is 0.790. The van der Waals surface area contributed by atoms with E-state index in [-0.39, 0.29) is 18.4 Å². The molecule has 1 heterocycles. The zero-order chi connectivity index (χ0) is 20.3. The van der Waals surface area contributed by atoms with Gasteiger partial charge in [0.15, 0.2) is 0 Å². The van der Waals surface area contributed by atoms with E-state index in [1.54, 1.807) is 12.1 Å². The van der Waals surface area contributed by atoms with Crippen molar-refractivity contribution in [3.05, 3.63) is 65.5 Å². The number of rotatable bonds is 6. The van der Waals surface area contributed by atoms with Gasteiger partial charge < -0.3 is 4.90 Å². The summed E-state index contributed by atoms with van der Waals surface area (Å²) in [5.41, 5.74) is 0.744. The van der Waals surface area contributed by atoms with Gasteiger partial charge in [0.05, 0.1) is 0 Å². The van der Waals surface area contributed by atoms with Gasteiger partial charge in [0.1, 0.15) is 22.3 Å². The molecule has 1 atom stereocenters. The standard InChI is InChI=1S/C19H22F3N3O2S/c1-24-8-10-25(11-9-24)18(14-2-4-15(20)5-3-14)13-23-28(26,27)19-12-16(21)6-7-17(19)22/h2-7,12,18,23H,8-11,13H2,1H3. The van der Waals surface area contributed by atoms with Crippen LogP contribution in [0.3, 0.4) is 0 Å². The van der Waals surface area contributed by atoms with E-state index >= 15 is 0 Å². The minimum absolute atomic E-state index is 0.0480. The van der Waals surface area contributed by atoms with Crippen molar-refractivity contribution in [1.82, 2.24) is 14.5 Å². The Morgan fingerprint density at radius 1 is 0.964 bits per heavy atom. The lowest BCUT2D eigenvalue weighted by Crippen LogP contribution is -2.48. The minimum atomic E-state index is -4.25. The van der Waals surface area contributed by atoms with Crippen molar-refractivity contribution in [2.24, 2.45) is 0 Å². The van der Waals surface area contributed by atoms with E-state index in [1.807, 2.05) is 7.05 Å². The van der Waals surface area contributed by atoms with E-state index in [0.29, 0.717) is 19.2 Å². The van der Waals surface area contributed by atoms with E-state index in [0.717, 1.165) is 30.8 Å². The molecule has 1 aliphatic rings. The van der Waals surface area contributed by atoms with Gasteiger partial charge >= 0.3 is 0 Å². The Balaban J connectivity index is 1.83. The van der Waals surface area contributed by atoms with Crippen molar-refractivity contribution < 1.29 is 21.6 Å². The fraction of sp³-hybridized carbons (Fsp3) is 0.368. The summed E-state index contributed by atoms with van der Waals surface area (Å²) >= 11 is 0. The number of nitrogens with zero attached hydrogens (tertiary/aromatic N) is 2. The number of nitrogens with one attached hydrogen (secondary N) is 1. The smallest absolute Gasteiger partial charge is 0.243 e. The highest BCUT2D eigenvalue weighted by Gasteiger charge is 2.27. The Kier molecular flexibility index (Phi) is 6.39. The molecule has 1 N–H and O–H groups in total. The molecular formula is C19H22F3N3O2S. The first-order valence-corrected chi connectivity index (χ1v) is 10.4. The zero-order valence-electron chi connectivity index (χ0n) is 15.4. The lowest BCUT2D eigenvalue weighted by Gasteiger charge is -2.38. The van der Waals surface area contributed by atoms with Gasteiger partial charge in [-0.3, -0.25) is 4.90 Å². The van der Waals surface area contributed by atoms with E-state index in [2.05, 4.69) is 14.5 Å². The molecule has 5 nitrogen and oxygen atoms in total. The van der Waals surface area contributed by atoms with Gasteiger partial charge in [-0.25, -0.2) is 26.3 Å². The van der Waals surface area contributed by atoms with Crippen LogP contribution < -0.4 is 4.72 Å². The maximum absolute atomic E-state index is 13.9. The number of hydrogen-bond donors (Lipinski definition) is 1. The molecule has 28 heavy (non-hydrogen) atoms. The van der Waals surface area contributed by atoms with Crippen LogP contribution in [-0.4, -0.2) is 58.0 Å². The topological polar surface area (TPSA) is 52.6 Å². The third-order valence-corrected chi connectivity index (χ3v) is 6.32. The average molecular weight is 413 g/mol. The molecule has 0 aromatic heterocycles. The molecule has 3 rings (SSSR count). The van der Waals surface area contributed by atoms with Crippen molar-refractivity contribution in [1.29, 1.82) is 0 Å². The van der Waals surface area contributed by atoms with Crippen molar-refractivity contribution in [2.75, 3.05) is 39.8 Å². The zero-order valence-corrected chi connectivity index (χ0v) is 16.2. The number of sulfonamides is 1. The van der Waals surface area contributed by atoms with Gasteiger partial charge in [-0.15, -0.1) is 0 Å². The Hall–Kier alpha value is -1.94. The fourth-order valence-corrected chi connectivity index (χ4v) is 4.35. The second-order valence-electron chi connectivity index (χ2n) is 6.83. The molecule has 1 unspecified atom stereocenters. The molecule has 0 amide bonds. The van der Waals surface area contributed by atoms with Crippen molar-refractivity contribution in [3.8, 4) is 0 Å². The molecular weight excluding hydrogens is 391 g/mol. The van der Waals surface area contributed by atoms with Crippen LogP contribution in [0, 0.1) is 17.5 Å². The van der Waals surface area contributed by atoms with Gasteiger partial charge in [-0.1, -0.05) is 12.1 Å².